The van der Waals surface area contributed by atoms with Gasteiger partial charge in [0.05, 0.1) is 11.9 Å². The first-order valence-corrected chi connectivity index (χ1v) is 9.42. The van der Waals surface area contributed by atoms with Crippen LogP contribution in [0.15, 0.2) is 36.5 Å². The molecule has 3 aromatic rings. The fourth-order valence-corrected chi connectivity index (χ4v) is 4.64. The molecule has 5 nitrogen and oxygen atoms in total. The third-order valence-electron chi connectivity index (χ3n) is 5.90. The topological polar surface area (TPSA) is 48.5 Å². The lowest BCUT2D eigenvalue weighted by molar-refractivity contribution is 0.378. The third kappa shape index (κ3) is 2.25. The van der Waals surface area contributed by atoms with Crippen LogP contribution in [0.25, 0.3) is 17.2 Å². The van der Waals surface area contributed by atoms with E-state index in [1.54, 1.807) is 0 Å². The standard InChI is InChI=1S/C20H23N5/c1-2-18-22-23-20-19-16(12-21-25(19)15-10-4-3-5-11-15)17(13-24(18)20)14-8-6-7-9-14/h3-5,10-12,14,17H,2,6-9,13H2,1H3. The first-order valence-electron chi connectivity index (χ1n) is 9.42. The minimum absolute atomic E-state index is 0.531. The Hall–Kier alpha value is -2.43. The Kier molecular flexibility index (Phi) is 3.47. The average molecular weight is 333 g/mol. The second-order valence-electron chi connectivity index (χ2n) is 7.25. The summed E-state index contributed by atoms with van der Waals surface area (Å²) >= 11 is 0. The van der Waals surface area contributed by atoms with Gasteiger partial charge in [-0.25, -0.2) is 4.68 Å². The number of aryl methyl sites for hydroxylation is 1. The van der Waals surface area contributed by atoms with E-state index in [2.05, 4.69) is 56.8 Å². The fraction of sp³-hybridized carbons (Fsp3) is 0.450. The Bertz CT molecular complexity index is 886. The Labute approximate surface area is 147 Å². The van der Waals surface area contributed by atoms with Crippen molar-refractivity contribution < 1.29 is 0 Å². The van der Waals surface area contributed by atoms with Crippen LogP contribution in [-0.4, -0.2) is 24.5 Å². The van der Waals surface area contributed by atoms with E-state index >= 15 is 0 Å². The zero-order chi connectivity index (χ0) is 16.8. The molecule has 2 aliphatic rings. The monoisotopic (exact) mass is 333 g/mol. The molecule has 1 unspecified atom stereocenters. The molecular formula is C20H23N5. The second-order valence-corrected chi connectivity index (χ2v) is 7.25. The van der Waals surface area contributed by atoms with Gasteiger partial charge >= 0.3 is 0 Å². The van der Waals surface area contributed by atoms with Gasteiger partial charge in [-0.2, -0.15) is 5.10 Å². The summed E-state index contributed by atoms with van der Waals surface area (Å²) in [4.78, 5) is 0. The minimum atomic E-state index is 0.531. The quantitative estimate of drug-likeness (QED) is 0.728. The highest BCUT2D eigenvalue weighted by Crippen LogP contribution is 2.45. The van der Waals surface area contributed by atoms with Gasteiger partial charge in [0, 0.05) is 24.4 Å². The summed E-state index contributed by atoms with van der Waals surface area (Å²) in [5.74, 6) is 3.35. The van der Waals surface area contributed by atoms with Crippen LogP contribution in [0, 0.1) is 5.92 Å². The smallest absolute Gasteiger partial charge is 0.183 e. The zero-order valence-corrected chi connectivity index (χ0v) is 14.6. The third-order valence-corrected chi connectivity index (χ3v) is 5.90. The molecule has 0 radical (unpaired) electrons. The number of benzene rings is 1. The van der Waals surface area contributed by atoms with Gasteiger partial charge in [-0.05, 0) is 30.9 Å². The molecule has 5 heteroatoms. The molecule has 0 N–H and O–H groups in total. The summed E-state index contributed by atoms with van der Waals surface area (Å²) < 4.78 is 4.39. The highest BCUT2D eigenvalue weighted by atomic mass is 15.3. The molecule has 1 aromatic carbocycles. The number of aromatic nitrogens is 5. The summed E-state index contributed by atoms with van der Waals surface area (Å²) in [7, 11) is 0. The SMILES string of the molecule is CCc1nnc2n1CC(C1CCCC1)c1cnn(-c3ccccc3)c1-2. The molecular weight excluding hydrogens is 310 g/mol. The first kappa shape index (κ1) is 14.9. The van der Waals surface area contributed by atoms with Crippen molar-refractivity contribution in [3.63, 3.8) is 0 Å². The molecule has 25 heavy (non-hydrogen) atoms. The first-order chi connectivity index (χ1) is 12.4. The molecule has 1 saturated carbocycles. The maximum Gasteiger partial charge on any atom is 0.183 e. The van der Waals surface area contributed by atoms with Gasteiger partial charge in [-0.15, -0.1) is 10.2 Å². The van der Waals surface area contributed by atoms with Gasteiger partial charge in [0.25, 0.3) is 0 Å². The van der Waals surface area contributed by atoms with Gasteiger partial charge < -0.3 is 4.57 Å². The molecule has 5 rings (SSSR count). The number of hydrogen-bond donors (Lipinski definition) is 0. The van der Waals surface area contributed by atoms with Gasteiger partial charge in [0.15, 0.2) is 5.82 Å². The summed E-state index contributed by atoms with van der Waals surface area (Å²) in [6.45, 7) is 3.16. The van der Waals surface area contributed by atoms with Crippen LogP contribution in [0.1, 0.15) is 49.9 Å². The number of para-hydroxylation sites is 1. The maximum absolute atomic E-state index is 4.76. The van der Waals surface area contributed by atoms with E-state index in [1.165, 1.54) is 31.2 Å². The van der Waals surface area contributed by atoms with Gasteiger partial charge in [-0.1, -0.05) is 38.0 Å². The molecule has 0 bridgehead atoms. The van der Waals surface area contributed by atoms with Crippen molar-refractivity contribution in [3.05, 3.63) is 47.9 Å². The summed E-state index contributed by atoms with van der Waals surface area (Å²) in [5.41, 5.74) is 3.59. The van der Waals surface area contributed by atoms with Gasteiger partial charge in [0.2, 0.25) is 0 Å². The van der Waals surface area contributed by atoms with Crippen molar-refractivity contribution >= 4 is 0 Å². The molecule has 0 saturated heterocycles. The van der Waals surface area contributed by atoms with Crippen molar-refractivity contribution in [1.82, 2.24) is 24.5 Å². The molecule has 1 atom stereocenters. The number of hydrogen-bond acceptors (Lipinski definition) is 3. The van der Waals surface area contributed by atoms with E-state index in [0.717, 1.165) is 41.9 Å². The van der Waals surface area contributed by atoms with Gasteiger partial charge in [-0.3, -0.25) is 0 Å². The summed E-state index contributed by atoms with van der Waals surface area (Å²) in [6, 6.07) is 10.4. The Morgan fingerprint density at radius 1 is 1.08 bits per heavy atom. The minimum Gasteiger partial charge on any atom is -0.309 e. The normalized spacial score (nSPS) is 19.8. The number of nitrogens with zero attached hydrogens (tertiary/aromatic N) is 5. The maximum atomic E-state index is 4.76. The number of fused-ring (bicyclic) bond motifs is 3. The van der Waals surface area contributed by atoms with E-state index < -0.39 is 0 Å². The van der Waals surface area contributed by atoms with Crippen molar-refractivity contribution in [3.8, 4) is 17.2 Å². The molecule has 1 fully saturated rings. The van der Waals surface area contributed by atoms with Crippen LogP contribution in [0.2, 0.25) is 0 Å². The van der Waals surface area contributed by atoms with Crippen molar-refractivity contribution in [1.29, 1.82) is 0 Å². The molecule has 0 amide bonds. The van der Waals surface area contributed by atoms with Crippen LogP contribution < -0.4 is 0 Å². The van der Waals surface area contributed by atoms with Crippen molar-refractivity contribution in [2.75, 3.05) is 0 Å². The Morgan fingerprint density at radius 2 is 1.88 bits per heavy atom. The van der Waals surface area contributed by atoms with E-state index in [-0.39, 0.29) is 0 Å². The predicted molar refractivity (Wildman–Crippen MR) is 96.7 cm³/mol. The summed E-state index contributed by atoms with van der Waals surface area (Å²) in [5, 5.41) is 13.8. The van der Waals surface area contributed by atoms with Crippen LogP contribution in [0.3, 0.4) is 0 Å². The van der Waals surface area contributed by atoms with E-state index in [0.29, 0.717) is 5.92 Å². The second kappa shape index (κ2) is 5.83. The lowest BCUT2D eigenvalue weighted by Crippen LogP contribution is -2.24. The number of rotatable bonds is 3. The van der Waals surface area contributed by atoms with E-state index in [4.69, 9.17) is 5.10 Å². The van der Waals surface area contributed by atoms with Crippen LogP contribution in [0.5, 0.6) is 0 Å². The predicted octanol–water partition coefficient (Wildman–Crippen LogP) is 3.98. The largest absolute Gasteiger partial charge is 0.309 e. The zero-order valence-electron chi connectivity index (χ0n) is 14.6. The molecule has 0 spiro atoms. The van der Waals surface area contributed by atoms with Crippen LogP contribution in [-0.2, 0) is 13.0 Å². The van der Waals surface area contributed by atoms with E-state index in [1.807, 2.05) is 6.07 Å². The molecule has 1 aliphatic carbocycles. The Balaban J connectivity index is 1.70. The highest BCUT2D eigenvalue weighted by Gasteiger charge is 2.37. The van der Waals surface area contributed by atoms with Crippen LogP contribution >= 0.6 is 0 Å². The molecule has 2 aromatic heterocycles. The Morgan fingerprint density at radius 3 is 2.64 bits per heavy atom. The summed E-state index contributed by atoms with van der Waals surface area (Å²) in [6.07, 6.45) is 8.38. The fourth-order valence-electron chi connectivity index (χ4n) is 4.64. The van der Waals surface area contributed by atoms with Crippen molar-refractivity contribution in [2.45, 2.75) is 51.5 Å². The molecule has 128 valence electrons. The average Bonchev–Trinajstić information content (AvgIpc) is 3.39. The molecule has 1 aliphatic heterocycles. The lowest BCUT2D eigenvalue weighted by Gasteiger charge is -2.29. The highest BCUT2D eigenvalue weighted by molar-refractivity contribution is 5.62. The van der Waals surface area contributed by atoms with E-state index in [9.17, 15) is 0 Å². The molecule has 3 heterocycles. The van der Waals surface area contributed by atoms with Crippen molar-refractivity contribution in [2.24, 2.45) is 5.92 Å². The van der Waals surface area contributed by atoms with Crippen LogP contribution in [0.4, 0.5) is 0 Å². The lowest BCUT2D eigenvalue weighted by atomic mass is 9.83. The van der Waals surface area contributed by atoms with Gasteiger partial charge in [0.1, 0.15) is 11.5 Å².